The summed E-state index contributed by atoms with van der Waals surface area (Å²) in [6.07, 6.45) is 1.77. The fourth-order valence-corrected chi connectivity index (χ4v) is 2.70. The molecule has 9 nitrogen and oxygen atoms in total. The van der Waals surface area contributed by atoms with Gasteiger partial charge in [-0.1, -0.05) is 13.0 Å². The van der Waals surface area contributed by atoms with E-state index in [9.17, 15) is 24.3 Å². The summed E-state index contributed by atoms with van der Waals surface area (Å²) in [6, 6.07) is -1.88. The third-order valence-corrected chi connectivity index (χ3v) is 4.12. The minimum atomic E-state index is -1.17. The molecule has 1 aliphatic heterocycles. The lowest BCUT2D eigenvalue weighted by Gasteiger charge is -2.27. The molecule has 0 spiro atoms. The molecule has 9 heteroatoms. The van der Waals surface area contributed by atoms with E-state index < -0.39 is 47.5 Å². The van der Waals surface area contributed by atoms with Gasteiger partial charge in [0.2, 0.25) is 11.8 Å². The van der Waals surface area contributed by atoms with Gasteiger partial charge < -0.3 is 25.4 Å². The van der Waals surface area contributed by atoms with Crippen LogP contribution in [0.15, 0.2) is 12.7 Å². The molecule has 1 aliphatic rings. The lowest BCUT2D eigenvalue weighted by molar-refractivity contribution is -0.144. The molecular weight excluding hydrogens is 354 g/mol. The number of carbonyl (C=O) groups is 4. The maximum absolute atomic E-state index is 12.5. The Hall–Kier alpha value is -2.58. The first-order valence-electron chi connectivity index (χ1n) is 8.88. The molecule has 0 saturated carbocycles. The first kappa shape index (κ1) is 22.5. The summed E-state index contributed by atoms with van der Waals surface area (Å²) >= 11 is 0. The molecule has 3 unspecified atom stereocenters. The fraction of sp³-hybridized carbons (Fsp3) is 0.667. The van der Waals surface area contributed by atoms with Crippen LogP contribution in [0.2, 0.25) is 0 Å². The van der Waals surface area contributed by atoms with Crippen LogP contribution in [0, 0.1) is 5.92 Å². The highest BCUT2D eigenvalue weighted by atomic mass is 16.6. The van der Waals surface area contributed by atoms with E-state index >= 15 is 0 Å². The summed E-state index contributed by atoms with van der Waals surface area (Å²) in [5.74, 6) is -2.59. The van der Waals surface area contributed by atoms with Crippen LogP contribution in [0.4, 0.5) is 4.79 Å². The van der Waals surface area contributed by atoms with Gasteiger partial charge in [0.15, 0.2) is 0 Å². The number of aliphatic carboxylic acids is 1. The Balaban J connectivity index is 2.67. The van der Waals surface area contributed by atoms with E-state index in [0.717, 1.165) is 0 Å². The molecule has 0 bridgehead atoms. The first-order chi connectivity index (χ1) is 12.5. The number of nitrogens with zero attached hydrogens (tertiary/aromatic N) is 1. The molecule has 27 heavy (non-hydrogen) atoms. The van der Waals surface area contributed by atoms with Gasteiger partial charge >= 0.3 is 12.1 Å². The molecule has 0 aromatic rings. The number of carbonyl (C=O) groups excluding carboxylic acids is 3. The summed E-state index contributed by atoms with van der Waals surface area (Å²) in [4.78, 5) is 49.3. The van der Waals surface area contributed by atoms with Crippen molar-refractivity contribution in [3.63, 3.8) is 0 Å². The number of hydrogen-bond acceptors (Lipinski definition) is 5. The summed E-state index contributed by atoms with van der Waals surface area (Å²) < 4.78 is 5.07. The van der Waals surface area contributed by atoms with E-state index in [1.165, 1.54) is 11.0 Å². The average Bonchev–Trinajstić information content (AvgIpc) is 3.04. The van der Waals surface area contributed by atoms with Crippen molar-refractivity contribution in [2.24, 2.45) is 5.92 Å². The number of likely N-dealkylation sites (tertiary alicyclic amines) is 1. The normalized spacial score (nSPS) is 19.0. The quantitative estimate of drug-likeness (QED) is 0.561. The van der Waals surface area contributed by atoms with E-state index in [-0.39, 0.29) is 6.54 Å². The number of rotatable bonds is 7. The highest BCUT2D eigenvalue weighted by molar-refractivity contribution is 5.92. The maximum Gasteiger partial charge on any atom is 0.408 e. The maximum atomic E-state index is 12.5. The SMILES string of the molecule is C=CC(C)C(NC(=O)C1CCCN1C(=O)CNC(=O)OC(C)(C)C)C(=O)O. The fourth-order valence-electron chi connectivity index (χ4n) is 2.70. The molecule has 0 radical (unpaired) electrons. The second-order valence-corrected chi connectivity index (χ2v) is 7.52. The predicted molar refractivity (Wildman–Crippen MR) is 97.9 cm³/mol. The zero-order valence-electron chi connectivity index (χ0n) is 16.3. The largest absolute Gasteiger partial charge is 0.480 e. The number of hydrogen-bond donors (Lipinski definition) is 3. The highest BCUT2D eigenvalue weighted by Gasteiger charge is 2.36. The van der Waals surface area contributed by atoms with Gasteiger partial charge in [-0.15, -0.1) is 6.58 Å². The van der Waals surface area contributed by atoms with E-state index in [1.54, 1.807) is 27.7 Å². The summed E-state index contributed by atoms with van der Waals surface area (Å²) in [6.45, 7) is 10.4. The number of carboxylic acid groups (broad SMARTS) is 1. The minimum Gasteiger partial charge on any atom is -0.480 e. The highest BCUT2D eigenvalue weighted by Crippen LogP contribution is 2.18. The number of amides is 3. The summed E-state index contributed by atoms with van der Waals surface area (Å²) in [5, 5.41) is 14.1. The van der Waals surface area contributed by atoms with Crippen molar-refractivity contribution in [2.75, 3.05) is 13.1 Å². The van der Waals surface area contributed by atoms with Crippen LogP contribution in [0.25, 0.3) is 0 Å². The van der Waals surface area contributed by atoms with Crippen LogP contribution in [0.3, 0.4) is 0 Å². The molecule has 152 valence electrons. The Kier molecular flexibility index (Phi) is 7.81. The van der Waals surface area contributed by atoms with E-state index in [1.807, 2.05) is 0 Å². The van der Waals surface area contributed by atoms with Crippen molar-refractivity contribution in [1.29, 1.82) is 0 Å². The molecule has 3 atom stereocenters. The van der Waals surface area contributed by atoms with Crippen LogP contribution in [0.1, 0.15) is 40.5 Å². The first-order valence-corrected chi connectivity index (χ1v) is 8.88. The summed E-state index contributed by atoms with van der Waals surface area (Å²) in [5.41, 5.74) is -0.684. The Morgan fingerprint density at radius 2 is 1.96 bits per heavy atom. The Morgan fingerprint density at radius 1 is 1.33 bits per heavy atom. The molecule has 0 aromatic carbocycles. The minimum absolute atomic E-state index is 0.301. The lowest BCUT2D eigenvalue weighted by atomic mass is 10.0. The molecule has 1 fully saturated rings. The smallest absolute Gasteiger partial charge is 0.408 e. The average molecular weight is 383 g/mol. The van der Waals surface area contributed by atoms with Gasteiger partial charge in [0, 0.05) is 12.5 Å². The molecule has 0 aliphatic carbocycles. The van der Waals surface area contributed by atoms with Crippen LogP contribution in [0.5, 0.6) is 0 Å². The van der Waals surface area contributed by atoms with Crippen LogP contribution >= 0.6 is 0 Å². The van der Waals surface area contributed by atoms with Gasteiger partial charge in [0.1, 0.15) is 24.2 Å². The number of carboxylic acids is 1. The zero-order valence-corrected chi connectivity index (χ0v) is 16.3. The van der Waals surface area contributed by atoms with Crippen molar-refractivity contribution < 1.29 is 29.0 Å². The topological polar surface area (TPSA) is 125 Å². The van der Waals surface area contributed by atoms with Crippen molar-refractivity contribution in [2.45, 2.75) is 58.2 Å². The van der Waals surface area contributed by atoms with Gasteiger partial charge in [0.05, 0.1) is 0 Å². The van der Waals surface area contributed by atoms with Crippen LogP contribution in [-0.4, -0.2) is 64.7 Å². The van der Waals surface area contributed by atoms with Gasteiger partial charge in [-0.3, -0.25) is 9.59 Å². The molecule has 3 N–H and O–H groups in total. The van der Waals surface area contributed by atoms with E-state index in [4.69, 9.17) is 4.74 Å². The second kappa shape index (κ2) is 9.38. The third kappa shape index (κ3) is 6.92. The van der Waals surface area contributed by atoms with Gasteiger partial charge in [-0.25, -0.2) is 9.59 Å². The molecule has 0 aromatic heterocycles. The molecule has 1 rings (SSSR count). The van der Waals surface area contributed by atoms with Crippen LogP contribution in [-0.2, 0) is 19.1 Å². The standard InChI is InChI=1S/C18H29N3O6/c1-6-11(2)14(16(24)25)20-15(23)12-8-7-9-21(12)13(22)10-19-17(26)27-18(3,4)5/h6,11-12,14H,1,7-10H2,2-5H3,(H,19,26)(H,20,23)(H,24,25). The van der Waals surface area contributed by atoms with Gasteiger partial charge in [0.25, 0.3) is 0 Å². The molecular formula is C18H29N3O6. The third-order valence-electron chi connectivity index (χ3n) is 4.12. The van der Waals surface area contributed by atoms with Gasteiger partial charge in [-0.05, 0) is 33.6 Å². The predicted octanol–water partition coefficient (Wildman–Crippen LogP) is 0.894. The Morgan fingerprint density at radius 3 is 2.48 bits per heavy atom. The van der Waals surface area contributed by atoms with Gasteiger partial charge in [-0.2, -0.15) is 0 Å². The van der Waals surface area contributed by atoms with E-state index in [0.29, 0.717) is 19.4 Å². The number of ether oxygens (including phenoxy) is 1. The Bertz CT molecular complexity index is 598. The Labute approximate surface area is 159 Å². The van der Waals surface area contributed by atoms with Crippen LogP contribution < -0.4 is 10.6 Å². The van der Waals surface area contributed by atoms with Crippen molar-refractivity contribution in [1.82, 2.24) is 15.5 Å². The second-order valence-electron chi connectivity index (χ2n) is 7.52. The van der Waals surface area contributed by atoms with E-state index in [2.05, 4.69) is 17.2 Å². The molecule has 1 heterocycles. The molecule has 3 amide bonds. The summed E-state index contributed by atoms with van der Waals surface area (Å²) in [7, 11) is 0. The number of alkyl carbamates (subject to hydrolysis) is 1. The van der Waals surface area contributed by atoms with Crippen molar-refractivity contribution in [3.8, 4) is 0 Å². The lowest BCUT2D eigenvalue weighted by Crippen LogP contribution is -2.53. The number of nitrogens with one attached hydrogen (secondary N) is 2. The van der Waals surface area contributed by atoms with Crippen molar-refractivity contribution in [3.05, 3.63) is 12.7 Å². The zero-order chi connectivity index (χ0) is 20.8. The molecule has 1 saturated heterocycles. The van der Waals surface area contributed by atoms with Crippen molar-refractivity contribution >= 4 is 23.9 Å². The monoisotopic (exact) mass is 383 g/mol.